The first-order chi connectivity index (χ1) is 13.4. The Bertz CT molecular complexity index is 987. The molecule has 0 saturated heterocycles. The largest absolute Gasteiger partial charge is 0.483 e. The van der Waals surface area contributed by atoms with Gasteiger partial charge in [0.2, 0.25) is 11.0 Å². The van der Waals surface area contributed by atoms with Gasteiger partial charge in [0.1, 0.15) is 18.1 Å². The van der Waals surface area contributed by atoms with Crippen molar-refractivity contribution >= 4 is 52.8 Å². The fourth-order valence-corrected chi connectivity index (χ4v) is 3.48. The van der Waals surface area contributed by atoms with Crippen LogP contribution >= 0.6 is 46.6 Å². The number of hydrogen-bond acceptors (Lipinski definition) is 6. The Balaban J connectivity index is 1.72. The second-order valence-corrected chi connectivity index (χ2v) is 7.22. The molecular weight excluding hydrogens is 457 g/mol. The molecule has 3 aromatic rings. The summed E-state index contributed by atoms with van der Waals surface area (Å²) in [4.78, 5) is 0. The third kappa shape index (κ3) is 4.78. The predicted octanol–water partition coefficient (Wildman–Crippen LogP) is 5.95. The highest BCUT2D eigenvalue weighted by Gasteiger charge is 2.19. The number of thioether (sulfide) groups is 1. The molecule has 0 fully saturated rings. The Kier molecular flexibility index (Phi) is 6.82. The summed E-state index contributed by atoms with van der Waals surface area (Å²) in [6.45, 7) is 0.0416. The maximum absolute atomic E-state index is 13.0. The van der Waals surface area contributed by atoms with E-state index in [1.807, 2.05) is 0 Å². The first-order valence-electron chi connectivity index (χ1n) is 7.57. The van der Waals surface area contributed by atoms with Crippen LogP contribution in [-0.4, -0.2) is 27.3 Å². The Hall–Kier alpha value is -1.81. The topological polar surface area (TPSA) is 65.4 Å². The molecule has 0 amide bonds. The van der Waals surface area contributed by atoms with Gasteiger partial charge in [-0.05, 0) is 30.5 Å². The van der Waals surface area contributed by atoms with Crippen LogP contribution < -0.4 is 4.74 Å². The van der Waals surface area contributed by atoms with Crippen molar-refractivity contribution in [3.8, 4) is 5.75 Å². The van der Waals surface area contributed by atoms with Gasteiger partial charge in [0.25, 0.3) is 6.43 Å². The van der Waals surface area contributed by atoms with Crippen LogP contribution in [-0.2, 0) is 6.61 Å². The number of alkyl halides is 2. The fraction of sp³-hybridized carbons (Fsp3) is 0.188. The number of aromatic nitrogens is 3. The van der Waals surface area contributed by atoms with Crippen molar-refractivity contribution in [2.24, 2.45) is 5.10 Å². The average molecular weight is 468 g/mol. The minimum atomic E-state index is -2.81. The van der Waals surface area contributed by atoms with E-state index in [4.69, 9.17) is 44.0 Å². The molecule has 12 heteroatoms. The third-order valence-electron chi connectivity index (χ3n) is 3.32. The van der Waals surface area contributed by atoms with Crippen molar-refractivity contribution in [3.05, 3.63) is 56.7 Å². The summed E-state index contributed by atoms with van der Waals surface area (Å²) < 4.78 is 38.0. The highest BCUT2D eigenvalue weighted by atomic mass is 35.5. The summed E-state index contributed by atoms with van der Waals surface area (Å²) in [5.74, 6) is 0.497. The Morgan fingerprint density at radius 2 is 1.96 bits per heavy atom. The van der Waals surface area contributed by atoms with Crippen molar-refractivity contribution in [2.75, 3.05) is 6.26 Å². The third-order valence-corrected chi connectivity index (χ3v) is 4.72. The fourth-order valence-electron chi connectivity index (χ4n) is 2.11. The smallest absolute Gasteiger partial charge is 0.299 e. The first-order valence-corrected chi connectivity index (χ1v) is 9.92. The van der Waals surface area contributed by atoms with E-state index in [1.165, 1.54) is 18.3 Å². The molecule has 28 heavy (non-hydrogen) atoms. The monoisotopic (exact) mass is 466 g/mol. The van der Waals surface area contributed by atoms with E-state index in [1.54, 1.807) is 18.4 Å². The van der Waals surface area contributed by atoms with E-state index in [0.717, 1.165) is 16.4 Å². The van der Waals surface area contributed by atoms with Gasteiger partial charge in [-0.2, -0.15) is 9.78 Å². The van der Waals surface area contributed by atoms with E-state index in [-0.39, 0.29) is 27.6 Å². The Morgan fingerprint density at radius 3 is 2.61 bits per heavy atom. The molecule has 0 N–H and O–H groups in total. The molecule has 1 aromatic carbocycles. The van der Waals surface area contributed by atoms with Gasteiger partial charge < -0.3 is 9.15 Å². The predicted molar refractivity (Wildman–Crippen MR) is 104 cm³/mol. The molecule has 2 heterocycles. The van der Waals surface area contributed by atoms with E-state index >= 15 is 0 Å². The lowest BCUT2D eigenvalue weighted by atomic mass is 10.3. The van der Waals surface area contributed by atoms with E-state index in [9.17, 15) is 8.78 Å². The van der Waals surface area contributed by atoms with Gasteiger partial charge in [-0.25, -0.2) is 8.78 Å². The molecule has 0 atom stereocenters. The number of benzene rings is 1. The van der Waals surface area contributed by atoms with E-state index in [0.29, 0.717) is 16.5 Å². The summed E-state index contributed by atoms with van der Waals surface area (Å²) in [7, 11) is 0. The van der Waals surface area contributed by atoms with Gasteiger partial charge in [0.15, 0.2) is 5.75 Å². The van der Waals surface area contributed by atoms with Crippen LogP contribution in [0, 0.1) is 0 Å². The molecule has 0 aliphatic carbocycles. The lowest BCUT2D eigenvalue weighted by Gasteiger charge is -2.08. The van der Waals surface area contributed by atoms with Gasteiger partial charge in [-0.1, -0.05) is 46.6 Å². The quantitative estimate of drug-likeness (QED) is 0.317. The summed E-state index contributed by atoms with van der Waals surface area (Å²) in [5, 5.41) is 12.2. The minimum absolute atomic E-state index is 0.0416. The van der Waals surface area contributed by atoms with Crippen LogP contribution in [0.5, 0.6) is 5.75 Å². The standard InChI is InChI=1S/C16H11Cl3F2N4O2S/c1-28-16-24-23-15(14(20)21)25(16)22-6-9-2-3-10(27-9)7-26-13-11(18)4-8(17)5-12(13)19/h2-6,14H,7H2,1H3/b22-6-. The van der Waals surface area contributed by atoms with E-state index < -0.39 is 12.2 Å². The zero-order valence-corrected chi connectivity index (χ0v) is 17.2. The lowest BCUT2D eigenvalue weighted by molar-refractivity contribution is 0.135. The first kappa shape index (κ1) is 20.9. The summed E-state index contributed by atoms with van der Waals surface area (Å²) in [5.41, 5.74) is 0. The van der Waals surface area contributed by atoms with Gasteiger partial charge >= 0.3 is 0 Å². The molecule has 6 nitrogen and oxygen atoms in total. The maximum atomic E-state index is 13.0. The summed E-state index contributed by atoms with van der Waals surface area (Å²) >= 11 is 19.1. The zero-order valence-electron chi connectivity index (χ0n) is 14.1. The number of ether oxygens (including phenoxy) is 1. The second kappa shape index (κ2) is 9.13. The van der Waals surface area contributed by atoms with Crippen LogP contribution in [0.25, 0.3) is 0 Å². The molecule has 3 rings (SSSR count). The van der Waals surface area contributed by atoms with Crippen molar-refractivity contribution in [3.63, 3.8) is 0 Å². The minimum Gasteiger partial charge on any atom is -0.483 e. The molecule has 148 valence electrons. The van der Waals surface area contributed by atoms with Crippen LogP contribution in [0.4, 0.5) is 8.78 Å². The van der Waals surface area contributed by atoms with Crippen LogP contribution in [0.15, 0.2) is 38.9 Å². The summed E-state index contributed by atoms with van der Waals surface area (Å²) in [6.07, 6.45) is 0.154. The molecule has 0 bridgehead atoms. The SMILES string of the molecule is CSc1nnc(C(F)F)n1/N=C\c1ccc(COc2c(Cl)cc(Cl)cc2Cl)o1. The number of halogens is 5. The number of furan rings is 1. The van der Waals surface area contributed by atoms with Crippen LogP contribution in [0.3, 0.4) is 0 Å². The molecule has 0 radical (unpaired) electrons. The van der Waals surface area contributed by atoms with Crippen molar-refractivity contribution in [2.45, 2.75) is 18.2 Å². The van der Waals surface area contributed by atoms with Crippen LogP contribution in [0.1, 0.15) is 23.8 Å². The van der Waals surface area contributed by atoms with Crippen molar-refractivity contribution in [1.29, 1.82) is 0 Å². The van der Waals surface area contributed by atoms with E-state index in [2.05, 4.69) is 15.3 Å². The van der Waals surface area contributed by atoms with Crippen molar-refractivity contribution < 1.29 is 17.9 Å². The average Bonchev–Trinajstić information content (AvgIpc) is 3.25. The molecule has 0 unspecified atom stereocenters. The molecular formula is C16H11Cl3F2N4O2S. The molecule has 0 saturated carbocycles. The molecule has 0 spiro atoms. The maximum Gasteiger partial charge on any atom is 0.299 e. The van der Waals surface area contributed by atoms with Gasteiger partial charge in [0, 0.05) is 5.02 Å². The highest BCUT2D eigenvalue weighted by Crippen LogP contribution is 2.36. The highest BCUT2D eigenvalue weighted by molar-refractivity contribution is 7.98. The van der Waals surface area contributed by atoms with Gasteiger partial charge in [0.05, 0.1) is 16.3 Å². The molecule has 0 aliphatic heterocycles. The normalized spacial score (nSPS) is 11.7. The van der Waals surface area contributed by atoms with Crippen LogP contribution in [0.2, 0.25) is 15.1 Å². The molecule has 0 aliphatic rings. The van der Waals surface area contributed by atoms with Gasteiger partial charge in [-0.3, -0.25) is 0 Å². The summed E-state index contributed by atoms with van der Waals surface area (Å²) in [6, 6.07) is 6.27. The Morgan fingerprint density at radius 1 is 1.25 bits per heavy atom. The number of nitrogens with zero attached hydrogens (tertiary/aromatic N) is 4. The molecule has 2 aromatic heterocycles. The lowest BCUT2D eigenvalue weighted by Crippen LogP contribution is -2.00. The Labute approximate surface area is 177 Å². The van der Waals surface area contributed by atoms with Crippen molar-refractivity contribution in [1.82, 2.24) is 14.9 Å². The van der Waals surface area contributed by atoms with Gasteiger partial charge in [-0.15, -0.1) is 10.2 Å². The second-order valence-electron chi connectivity index (χ2n) is 5.19. The number of hydrogen-bond donors (Lipinski definition) is 0. The zero-order chi connectivity index (χ0) is 20.3. The number of rotatable bonds is 7.